The lowest BCUT2D eigenvalue weighted by Gasteiger charge is -2.30. The zero-order valence-electron chi connectivity index (χ0n) is 18.4. The van der Waals surface area contributed by atoms with E-state index in [-0.39, 0.29) is 17.4 Å². The minimum Gasteiger partial charge on any atom is -0.507 e. The van der Waals surface area contributed by atoms with Crippen molar-refractivity contribution in [2.24, 2.45) is 0 Å². The normalized spacial score (nSPS) is 21.5. The van der Waals surface area contributed by atoms with E-state index in [1.165, 1.54) is 11.3 Å². The minimum absolute atomic E-state index is 0.0364. The Hall–Kier alpha value is -2.68. The van der Waals surface area contributed by atoms with Crippen LogP contribution in [0.2, 0.25) is 0 Å². The quantitative estimate of drug-likeness (QED) is 0.380. The maximum Gasteiger partial charge on any atom is 0.295 e. The second-order valence-corrected chi connectivity index (χ2v) is 9.27. The molecule has 0 bridgehead atoms. The summed E-state index contributed by atoms with van der Waals surface area (Å²) in [7, 11) is 0. The molecule has 0 spiro atoms. The molecule has 7 nitrogen and oxygen atoms in total. The van der Waals surface area contributed by atoms with Crippen LogP contribution >= 0.6 is 11.3 Å². The zero-order chi connectivity index (χ0) is 22.7. The van der Waals surface area contributed by atoms with Gasteiger partial charge in [0.05, 0.1) is 17.7 Å². The molecule has 0 radical (unpaired) electrons. The number of benzene rings is 1. The minimum atomic E-state index is -0.635. The third-order valence-electron chi connectivity index (χ3n) is 5.72. The highest BCUT2D eigenvalue weighted by molar-refractivity contribution is 7.10. The van der Waals surface area contributed by atoms with Gasteiger partial charge in [-0.05, 0) is 49.6 Å². The molecule has 2 N–H and O–H groups in total. The number of Topliss-reactive ketones (excluding diaryl/α,β-unsaturated/α-hetero) is 1. The molecule has 1 aromatic carbocycles. The molecule has 3 heterocycles. The van der Waals surface area contributed by atoms with Gasteiger partial charge in [-0.15, -0.1) is 11.3 Å². The van der Waals surface area contributed by atoms with Crippen molar-refractivity contribution in [3.63, 3.8) is 0 Å². The van der Waals surface area contributed by atoms with Gasteiger partial charge in [0.2, 0.25) is 0 Å². The van der Waals surface area contributed by atoms with Gasteiger partial charge in [0.1, 0.15) is 11.5 Å². The van der Waals surface area contributed by atoms with Crippen LogP contribution in [-0.4, -0.2) is 72.0 Å². The average molecular weight is 456 g/mol. The van der Waals surface area contributed by atoms with E-state index in [1.54, 1.807) is 29.2 Å². The number of ether oxygens (including phenoxy) is 1. The summed E-state index contributed by atoms with van der Waals surface area (Å²) < 4.78 is 5.66. The topological polar surface area (TPSA) is 82.1 Å². The number of aliphatic hydroxyl groups is 1. The van der Waals surface area contributed by atoms with Crippen LogP contribution in [0.1, 0.15) is 30.3 Å². The average Bonchev–Trinajstić information content (AvgIpc) is 3.40. The molecule has 1 amide bonds. The SMILES string of the molecule is CC(C)Oc1ccc(/C(O)=C2\C(=O)C(=O)N(CCN3CCNCC3)[C@H]2c2cccs2)cc1. The third-order valence-corrected chi connectivity index (χ3v) is 6.64. The van der Waals surface area contributed by atoms with E-state index < -0.39 is 17.7 Å². The third kappa shape index (κ3) is 4.72. The lowest BCUT2D eigenvalue weighted by molar-refractivity contribution is -0.140. The number of amides is 1. The molecule has 2 aliphatic heterocycles. The first-order chi connectivity index (χ1) is 15.5. The fourth-order valence-corrected chi connectivity index (χ4v) is 5.00. The monoisotopic (exact) mass is 455 g/mol. The maximum absolute atomic E-state index is 13.0. The number of carbonyl (C=O) groups excluding carboxylic acids is 2. The van der Waals surface area contributed by atoms with Crippen molar-refractivity contribution in [1.29, 1.82) is 0 Å². The number of nitrogens with one attached hydrogen (secondary N) is 1. The number of ketones is 1. The first-order valence-electron chi connectivity index (χ1n) is 11.0. The van der Waals surface area contributed by atoms with Crippen LogP contribution in [0.15, 0.2) is 47.4 Å². The van der Waals surface area contributed by atoms with Gasteiger partial charge >= 0.3 is 0 Å². The van der Waals surface area contributed by atoms with Crippen LogP contribution in [0, 0.1) is 0 Å². The molecule has 0 unspecified atom stereocenters. The molecular formula is C24H29N3O4S. The standard InChI is InChI=1S/C24H29N3O4S/c1-16(2)31-18-7-5-17(6-8-18)22(28)20-21(19-4-3-15-32-19)27(24(30)23(20)29)14-13-26-11-9-25-10-12-26/h3-8,15-16,21,25,28H,9-14H2,1-2H3/b22-20+/t21-/m0/s1. The number of likely N-dealkylation sites (tertiary alicyclic amines) is 1. The molecule has 32 heavy (non-hydrogen) atoms. The Balaban J connectivity index is 1.64. The van der Waals surface area contributed by atoms with E-state index in [0.717, 1.165) is 31.1 Å². The van der Waals surface area contributed by atoms with Crippen molar-refractivity contribution >= 4 is 28.8 Å². The van der Waals surface area contributed by atoms with E-state index in [9.17, 15) is 14.7 Å². The van der Waals surface area contributed by atoms with Crippen molar-refractivity contribution < 1.29 is 19.4 Å². The predicted molar refractivity (Wildman–Crippen MR) is 125 cm³/mol. The molecule has 2 aliphatic rings. The molecule has 1 aromatic heterocycles. The summed E-state index contributed by atoms with van der Waals surface area (Å²) in [6, 6.07) is 10.2. The summed E-state index contributed by atoms with van der Waals surface area (Å²) in [6.45, 7) is 8.68. The molecule has 170 valence electrons. The van der Waals surface area contributed by atoms with Crippen LogP contribution in [0.25, 0.3) is 5.76 Å². The summed E-state index contributed by atoms with van der Waals surface area (Å²) in [5.74, 6) is -0.658. The molecule has 2 saturated heterocycles. The number of hydrogen-bond donors (Lipinski definition) is 2. The van der Waals surface area contributed by atoms with Crippen LogP contribution in [0.3, 0.4) is 0 Å². The Morgan fingerprint density at radius 1 is 1.16 bits per heavy atom. The van der Waals surface area contributed by atoms with Crippen molar-refractivity contribution in [2.45, 2.75) is 26.0 Å². The van der Waals surface area contributed by atoms with Gasteiger partial charge in [0.15, 0.2) is 0 Å². The Labute approximate surface area is 192 Å². The van der Waals surface area contributed by atoms with E-state index in [4.69, 9.17) is 4.74 Å². The summed E-state index contributed by atoms with van der Waals surface area (Å²) in [4.78, 5) is 30.8. The van der Waals surface area contributed by atoms with Crippen LogP contribution < -0.4 is 10.1 Å². The number of piperazine rings is 1. The second-order valence-electron chi connectivity index (χ2n) is 8.29. The van der Waals surface area contributed by atoms with Gasteiger partial charge in [-0.25, -0.2) is 0 Å². The molecule has 0 saturated carbocycles. The second kappa shape index (κ2) is 9.85. The molecule has 4 rings (SSSR count). The van der Waals surface area contributed by atoms with Gasteiger partial charge in [-0.2, -0.15) is 0 Å². The Morgan fingerprint density at radius 3 is 2.50 bits per heavy atom. The van der Waals surface area contributed by atoms with E-state index >= 15 is 0 Å². The van der Waals surface area contributed by atoms with Gasteiger partial charge in [0.25, 0.3) is 11.7 Å². The van der Waals surface area contributed by atoms with Crippen molar-refractivity contribution in [3.05, 3.63) is 57.8 Å². The highest BCUT2D eigenvalue weighted by Gasteiger charge is 2.46. The van der Waals surface area contributed by atoms with E-state index in [1.807, 2.05) is 31.4 Å². The predicted octanol–water partition coefficient (Wildman–Crippen LogP) is 2.86. The summed E-state index contributed by atoms with van der Waals surface area (Å²) in [6.07, 6.45) is 0.0364. The van der Waals surface area contributed by atoms with Crippen LogP contribution in [0.5, 0.6) is 5.75 Å². The molecular weight excluding hydrogens is 426 g/mol. The molecule has 2 aromatic rings. The largest absolute Gasteiger partial charge is 0.507 e. The van der Waals surface area contributed by atoms with Crippen LogP contribution in [-0.2, 0) is 9.59 Å². The Morgan fingerprint density at radius 2 is 1.88 bits per heavy atom. The van der Waals surface area contributed by atoms with Crippen molar-refractivity contribution in [2.75, 3.05) is 39.3 Å². The van der Waals surface area contributed by atoms with Gasteiger partial charge < -0.3 is 20.1 Å². The number of thiophene rings is 1. The maximum atomic E-state index is 13.0. The summed E-state index contributed by atoms with van der Waals surface area (Å²) in [5, 5.41) is 16.4. The number of rotatable bonds is 7. The van der Waals surface area contributed by atoms with Crippen LogP contribution in [0.4, 0.5) is 0 Å². The van der Waals surface area contributed by atoms with Gasteiger partial charge in [-0.1, -0.05) is 6.07 Å². The fraction of sp³-hybridized carbons (Fsp3) is 0.417. The molecule has 0 aliphatic carbocycles. The first kappa shape index (κ1) is 22.5. The fourth-order valence-electron chi connectivity index (χ4n) is 4.16. The van der Waals surface area contributed by atoms with Crippen molar-refractivity contribution in [1.82, 2.24) is 15.1 Å². The first-order valence-corrected chi connectivity index (χ1v) is 11.9. The number of hydrogen-bond acceptors (Lipinski definition) is 7. The lowest BCUT2D eigenvalue weighted by Crippen LogP contribution is -2.46. The van der Waals surface area contributed by atoms with Gasteiger partial charge in [-0.3, -0.25) is 14.5 Å². The zero-order valence-corrected chi connectivity index (χ0v) is 19.2. The Bertz CT molecular complexity index is 979. The van der Waals surface area contributed by atoms with E-state index in [2.05, 4.69) is 10.2 Å². The van der Waals surface area contributed by atoms with E-state index in [0.29, 0.717) is 24.4 Å². The lowest BCUT2D eigenvalue weighted by atomic mass is 10.00. The highest BCUT2D eigenvalue weighted by atomic mass is 32.1. The Kier molecular flexibility index (Phi) is 6.93. The smallest absolute Gasteiger partial charge is 0.295 e. The van der Waals surface area contributed by atoms with Crippen molar-refractivity contribution in [3.8, 4) is 5.75 Å². The summed E-state index contributed by atoms with van der Waals surface area (Å²) in [5.41, 5.74) is 0.637. The molecule has 8 heteroatoms. The van der Waals surface area contributed by atoms with Gasteiger partial charge in [0, 0.05) is 49.7 Å². The molecule has 2 fully saturated rings. The number of nitrogens with zero attached hydrogens (tertiary/aromatic N) is 2. The highest BCUT2D eigenvalue weighted by Crippen LogP contribution is 2.41. The number of aliphatic hydroxyl groups excluding tert-OH is 1. The molecule has 1 atom stereocenters. The summed E-state index contributed by atoms with van der Waals surface area (Å²) >= 11 is 1.48. The number of carbonyl (C=O) groups is 2.